The summed E-state index contributed by atoms with van der Waals surface area (Å²) in [5.74, 6) is 0.616. The molecule has 1 saturated heterocycles. The molecule has 1 aromatic heterocycles. The molecule has 2 heterocycles. The topological polar surface area (TPSA) is 64.3 Å². The minimum atomic E-state index is -0.900. The lowest BCUT2D eigenvalue weighted by Gasteiger charge is -2.23. The third-order valence-corrected chi connectivity index (χ3v) is 3.97. The van der Waals surface area contributed by atoms with E-state index in [0.29, 0.717) is 11.5 Å². The van der Waals surface area contributed by atoms with Gasteiger partial charge in [0, 0.05) is 19.8 Å². The van der Waals surface area contributed by atoms with E-state index in [2.05, 4.69) is 9.55 Å². The van der Waals surface area contributed by atoms with Gasteiger partial charge in [0.1, 0.15) is 5.82 Å². The fourth-order valence-corrected chi connectivity index (χ4v) is 2.79. The summed E-state index contributed by atoms with van der Waals surface area (Å²) in [5.41, 5.74) is 2.08. The van der Waals surface area contributed by atoms with Crippen LogP contribution in [0.5, 0.6) is 0 Å². The van der Waals surface area contributed by atoms with E-state index in [1.165, 1.54) is 0 Å². The molecule has 0 aliphatic carbocycles. The predicted molar refractivity (Wildman–Crippen MR) is 75.0 cm³/mol. The molecule has 1 N–H and O–H groups in total. The van der Waals surface area contributed by atoms with Crippen molar-refractivity contribution in [3.8, 4) is 0 Å². The monoisotopic (exact) mass is 274 g/mol. The van der Waals surface area contributed by atoms with E-state index in [1.807, 2.05) is 6.92 Å². The molecule has 1 aliphatic rings. The molecule has 2 aromatic rings. The van der Waals surface area contributed by atoms with Gasteiger partial charge in [-0.2, -0.15) is 0 Å². The summed E-state index contributed by atoms with van der Waals surface area (Å²) in [4.78, 5) is 15.6. The molecule has 0 saturated carbocycles. The van der Waals surface area contributed by atoms with Crippen LogP contribution in [-0.4, -0.2) is 33.8 Å². The third kappa shape index (κ3) is 2.41. The maximum Gasteiger partial charge on any atom is 0.335 e. The Morgan fingerprint density at radius 3 is 2.90 bits per heavy atom. The Hall–Kier alpha value is -1.88. The quantitative estimate of drug-likeness (QED) is 0.933. The van der Waals surface area contributed by atoms with Gasteiger partial charge in [0.2, 0.25) is 0 Å². The summed E-state index contributed by atoms with van der Waals surface area (Å²) in [5, 5.41) is 9.12. The predicted octanol–water partition coefficient (Wildman–Crippen LogP) is 2.47. The van der Waals surface area contributed by atoms with Crippen molar-refractivity contribution >= 4 is 17.0 Å². The highest BCUT2D eigenvalue weighted by Crippen LogP contribution is 2.23. The fourth-order valence-electron chi connectivity index (χ4n) is 2.79. The van der Waals surface area contributed by atoms with E-state index in [1.54, 1.807) is 18.2 Å². The van der Waals surface area contributed by atoms with Crippen LogP contribution in [0.4, 0.5) is 0 Å². The number of carbonyl (C=O) groups is 1. The Kier molecular flexibility index (Phi) is 3.44. The molecule has 5 nitrogen and oxygen atoms in total. The van der Waals surface area contributed by atoms with Gasteiger partial charge in [-0.05, 0) is 43.9 Å². The molecule has 1 aromatic carbocycles. The van der Waals surface area contributed by atoms with Gasteiger partial charge in [0.05, 0.1) is 16.6 Å². The number of aromatic nitrogens is 2. The number of fused-ring (bicyclic) bond motifs is 1. The second-order valence-electron chi connectivity index (χ2n) is 5.33. The van der Waals surface area contributed by atoms with E-state index in [-0.39, 0.29) is 0 Å². The molecule has 5 heteroatoms. The average Bonchev–Trinajstić information content (AvgIpc) is 2.75. The molecule has 20 heavy (non-hydrogen) atoms. The van der Waals surface area contributed by atoms with Crippen molar-refractivity contribution in [1.82, 2.24) is 9.55 Å². The molecule has 3 rings (SSSR count). The number of imidazole rings is 1. The van der Waals surface area contributed by atoms with Gasteiger partial charge in [0.15, 0.2) is 0 Å². The van der Waals surface area contributed by atoms with Crippen molar-refractivity contribution in [1.29, 1.82) is 0 Å². The minimum absolute atomic E-state index is 0.311. The number of rotatable bonds is 3. The van der Waals surface area contributed by atoms with Crippen LogP contribution < -0.4 is 0 Å². The maximum absolute atomic E-state index is 11.1. The van der Waals surface area contributed by atoms with Gasteiger partial charge in [-0.1, -0.05) is 0 Å². The van der Waals surface area contributed by atoms with Crippen LogP contribution >= 0.6 is 0 Å². The van der Waals surface area contributed by atoms with Crippen molar-refractivity contribution in [3.05, 3.63) is 29.6 Å². The molecule has 0 bridgehead atoms. The van der Waals surface area contributed by atoms with Crippen molar-refractivity contribution in [2.75, 3.05) is 13.2 Å². The van der Waals surface area contributed by atoms with E-state index < -0.39 is 5.97 Å². The van der Waals surface area contributed by atoms with Gasteiger partial charge in [-0.3, -0.25) is 0 Å². The molecule has 0 amide bonds. The van der Waals surface area contributed by atoms with E-state index in [0.717, 1.165) is 49.5 Å². The third-order valence-electron chi connectivity index (χ3n) is 3.97. The SMILES string of the molecule is Cc1nc2ccc(C(=O)O)cc2n1CC1CCOCC1. The van der Waals surface area contributed by atoms with Gasteiger partial charge in [-0.25, -0.2) is 9.78 Å². The van der Waals surface area contributed by atoms with Crippen LogP contribution in [-0.2, 0) is 11.3 Å². The zero-order valence-corrected chi connectivity index (χ0v) is 11.5. The molecule has 0 unspecified atom stereocenters. The number of hydrogen-bond donors (Lipinski definition) is 1. The summed E-state index contributed by atoms with van der Waals surface area (Å²) in [6.45, 7) is 4.49. The first-order chi connectivity index (χ1) is 9.65. The first-order valence-corrected chi connectivity index (χ1v) is 6.93. The van der Waals surface area contributed by atoms with Crippen molar-refractivity contribution in [2.24, 2.45) is 5.92 Å². The summed E-state index contributed by atoms with van der Waals surface area (Å²) >= 11 is 0. The standard InChI is InChI=1S/C15H18N2O3/c1-10-16-13-3-2-12(15(18)19)8-14(13)17(10)9-11-4-6-20-7-5-11/h2-3,8,11H,4-7,9H2,1H3,(H,18,19). The highest BCUT2D eigenvalue weighted by molar-refractivity contribution is 5.92. The smallest absolute Gasteiger partial charge is 0.335 e. The molecule has 1 aliphatic heterocycles. The van der Waals surface area contributed by atoms with Gasteiger partial charge in [0.25, 0.3) is 0 Å². The van der Waals surface area contributed by atoms with Crippen LogP contribution in [0.25, 0.3) is 11.0 Å². The Bertz CT molecular complexity index is 642. The van der Waals surface area contributed by atoms with Gasteiger partial charge >= 0.3 is 5.97 Å². The van der Waals surface area contributed by atoms with Crippen LogP contribution in [0.15, 0.2) is 18.2 Å². The summed E-state index contributed by atoms with van der Waals surface area (Å²) < 4.78 is 7.52. The Morgan fingerprint density at radius 1 is 1.45 bits per heavy atom. The number of carboxylic acid groups (broad SMARTS) is 1. The minimum Gasteiger partial charge on any atom is -0.478 e. The van der Waals surface area contributed by atoms with Crippen LogP contribution in [0.1, 0.15) is 29.0 Å². The molecule has 0 radical (unpaired) electrons. The highest BCUT2D eigenvalue weighted by atomic mass is 16.5. The van der Waals surface area contributed by atoms with Crippen LogP contribution in [0.2, 0.25) is 0 Å². The Labute approximate surface area is 117 Å². The number of carboxylic acids is 1. The summed E-state index contributed by atoms with van der Waals surface area (Å²) in [7, 11) is 0. The van der Waals surface area contributed by atoms with Crippen LogP contribution in [0.3, 0.4) is 0 Å². The molecule has 1 fully saturated rings. The summed E-state index contributed by atoms with van der Waals surface area (Å²) in [6.07, 6.45) is 2.11. The molecule has 0 atom stereocenters. The van der Waals surface area contributed by atoms with Crippen molar-refractivity contribution in [2.45, 2.75) is 26.3 Å². The second kappa shape index (κ2) is 5.25. The number of aryl methyl sites for hydroxylation is 1. The Morgan fingerprint density at radius 2 is 2.20 bits per heavy atom. The van der Waals surface area contributed by atoms with Gasteiger partial charge in [-0.15, -0.1) is 0 Å². The maximum atomic E-state index is 11.1. The normalized spacial score (nSPS) is 16.6. The first-order valence-electron chi connectivity index (χ1n) is 6.93. The highest BCUT2D eigenvalue weighted by Gasteiger charge is 2.17. The number of aromatic carboxylic acids is 1. The molecule has 0 spiro atoms. The molecular weight excluding hydrogens is 256 g/mol. The zero-order valence-electron chi connectivity index (χ0n) is 11.5. The Balaban J connectivity index is 1.97. The fraction of sp³-hybridized carbons (Fsp3) is 0.467. The lowest BCUT2D eigenvalue weighted by atomic mass is 10.0. The number of hydrogen-bond acceptors (Lipinski definition) is 3. The van der Waals surface area contributed by atoms with Crippen molar-refractivity contribution in [3.63, 3.8) is 0 Å². The number of benzene rings is 1. The lowest BCUT2D eigenvalue weighted by molar-refractivity contribution is 0.0614. The molecular formula is C15H18N2O3. The zero-order chi connectivity index (χ0) is 14.1. The van der Waals surface area contributed by atoms with Crippen molar-refractivity contribution < 1.29 is 14.6 Å². The molecule has 106 valence electrons. The van der Waals surface area contributed by atoms with Crippen LogP contribution in [0, 0.1) is 12.8 Å². The number of nitrogens with zero attached hydrogens (tertiary/aromatic N) is 2. The second-order valence-corrected chi connectivity index (χ2v) is 5.33. The lowest BCUT2D eigenvalue weighted by Crippen LogP contribution is -2.20. The number of ether oxygens (including phenoxy) is 1. The average molecular weight is 274 g/mol. The largest absolute Gasteiger partial charge is 0.478 e. The van der Waals surface area contributed by atoms with E-state index in [9.17, 15) is 4.79 Å². The van der Waals surface area contributed by atoms with E-state index in [4.69, 9.17) is 9.84 Å². The van der Waals surface area contributed by atoms with E-state index >= 15 is 0 Å². The van der Waals surface area contributed by atoms with Gasteiger partial charge < -0.3 is 14.4 Å². The summed E-state index contributed by atoms with van der Waals surface area (Å²) in [6, 6.07) is 5.11. The first kappa shape index (κ1) is 13.1.